The van der Waals surface area contributed by atoms with Gasteiger partial charge in [0, 0.05) is 37.0 Å². The number of methoxy groups -OCH3 is 1. The lowest BCUT2D eigenvalue weighted by molar-refractivity contribution is -0.134. The summed E-state index contributed by atoms with van der Waals surface area (Å²) >= 11 is 0. The zero-order valence-corrected chi connectivity index (χ0v) is 19.2. The van der Waals surface area contributed by atoms with Gasteiger partial charge < -0.3 is 23.8 Å². The second kappa shape index (κ2) is 9.92. The molecule has 1 unspecified atom stereocenters. The van der Waals surface area contributed by atoms with Crippen molar-refractivity contribution in [1.29, 1.82) is 0 Å². The monoisotopic (exact) mass is 443 g/mol. The number of carbonyl (C=O) groups is 1. The molecule has 4 rings (SSSR count). The smallest absolute Gasteiger partial charge is 0.244 e. The molecule has 0 aliphatic carbocycles. The van der Waals surface area contributed by atoms with Crippen LogP contribution in [0.25, 0.3) is 0 Å². The topological polar surface area (TPSA) is 75.1 Å². The van der Waals surface area contributed by atoms with E-state index < -0.39 is 0 Å². The number of benzene rings is 1. The van der Waals surface area contributed by atoms with Gasteiger partial charge in [0.05, 0.1) is 33.0 Å². The van der Waals surface area contributed by atoms with Gasteiger partial charge in [-0.15, -0.1) is 0 Å². The van der Waals surface area contributed by atoms with Crippen molar-refractivity contribution in [3.8, 4) is 11.5 Å². The summed E-state index contributed by atoms with van der Waals surface area (Å²) in [5.74, 6) is 1.39. The number of hydrogen-bond acceptors (Lipinski definition) is 6. The van der Waals surface area contributed by atoms with Crippen LogP contribution in [0, 0.1) is 12.3 Å². The zero-order chi connectivity index (χ0) is 22.6. The molecule has 0 radical (unpaired) electrons. The van der Waals surface area contributed by atoms with E-state index >= 15 is 0 Å². The van der Waals surface area contributed by atoms with Crippen LogP contribution in [0.2, 0.25) is 0 Å². The summed E-state index contributed by atoms with van der Waals surface area (Å²) in [5.41, 5.74) is 1.98. The van der Waals surface area contributed by atoms with Crippen molar-refractivity contribution in [3.05, 3.63) is 41.7 Å². The lowest BCUT2D eigenvalue weighted by Gasteiger charge is -2.37. The fourth-order valence-electron chi connectivity index (χ4n) is 4.02. The summed E-state index contributed by atoms with van der Waals surface area (Å²) in [5, 5.41) is 4.27. The van der Waals surface area contributed by atoms with Gasteiger partial charge >= 0.3 is 0 Å². The highest BCUT2D eigenvalue weighted by atomic mass is 16.5. The van der Waals surface area contributed by atoms with Gasteiger partial charge in [0.25, 0.3) is 0 Å². The summed E-state index contributed by atoms with van der Waals surface area (Å²) in [6.45, 7) is 8.06. The Kier molecular flexibility index (Phi) is 7.01. The van der Waals surface area contributed by atoms with Crippen molar-refractivity contribution >= 4 is 5.91 Å². The number of rotatable bonds is 10. The van der Waals surface area contributed by atoms with Crippen LogP contribution in [0.4, 0.5) is 0 Å². The molecular formula is C24H33N3O5. The van der Waals surface area contributed by atoms with E-state index in [4.69, 9.17) is 18.9 Å². The predicted molar refractivity (Wildman–Crippen MR) is 119 cm³/mol. The Morgan fingerprint density at radius 3 is 2.78 bits per heavy atom. The molecule has 0 bridgehead atoms. The number of ether oxygens (including phenoxy) is 4. The molecule has 3 heterocycles. The van der Waals surface area contributed by atoms with Crippen LogP contribution in [-0.2, 0) is 27.4 Å². The predicted octanol–water partition coefficient (Wildman–Crippen LogP) is 2.82. The highest BCUT2D eigenvalue weighted by Crippen LogP contribution is 2.33. The second-order valence-corrected chi connectivity index (χ2v) is 9.12. The van der Waals surface area contributed by atoms with Crippen molar-refractivity contribution in [2.75, 3.05) is 40.1 Å². The molecule has 0 spiro atoms. The molecule has 2 fully saturated rings. The minimum atomic E-state index is 0.0183. The third-order valence-electron chi connectivity index (χ3n) is 6.09. The van der Waals surface area contributed by atoms with E-state index in [0.717, 1.165) is 30.7 Å². The first-order valence-electron chi connectivity index (χ1n) is 11.2. The Bertz CT molecular complexity index is 918. The quantitative estimate of drug-likeness (QED) is 0.562. The maximum absolute atomic E-state index is 13.2. The summed E-state index contributed by atoms with van der Waals surface area (Å²) in [6.07, 6.45) is 3.80. The first-order chi connectivity index (χ1) is 15.5. The second-order valence-electron chi connectivity index (χ2n) is 9.12. The minimum Gasteiger partial charge on any atom is -0.493 e. The Labute approximate surface area is 189 Å². The van der Waals surface area contributed by atoms with Gasteiger partial charge in [0.2, 0.25) is 5.91 Å². The van der Waals surface area contributed by atoms with Gasteiger partial charge in [-0.2, -0.15) is 5.10 Å². The highest BCUT2D eigenvalue weighted by Gasteiger charge is 2.34. The molecular weight excluding hydrogens is 410 g/mol. The Morgan fingerprint density at radius 1 is 1.31 bits per heavy atom. The van der Waals surface area contributed by atoms with E-state index in [1.54, 1.807) is 18.0 Å². The van der Waals surface area contributed by atoms with Gasteiger partial charge in [0.15, 0.2) is 11.5 Å². The molecule has 1 amide bonds. The van der Waals surface area contributed by atoms with E-state index in [-0.39, 0.29) is 24.0 Å². The summed E-state index contributed by atoms with van der Waals surface area (Å²) in [4.78, 5) is 15.1. The third kappa shape index (κ3) is 5.42. The maximum Gasteiger partial charge on any atom is 0.244 e. The van der Waals surface area contributed by atoms with Crippen LogP contribution in [0.5, 0.6) is 11.5 Å². The van der Waals surface area contributed by atoms with Crippen molar-refractivity contribution < 1.29 is 23.7 Å². The summed E-state index contributed by atoms with van der Waals surface area (Å²) in [7, 11) is 1.63. The summed E-state index contributed by atoms with van der Waals surface area (Å²) < 4.78 is 24.5. The van der Waals surface area contributed by atoms with Crippen molar-refractivity contribution in [3.63, 3.8) is 0 Å². The van der Waals surface area contributed by atoms with E-state index in [1.807, 2.05) is 36.1 Å². The van der Waals surface area contributed by atoms with Gasteiger partial charge in [-0.05, 0) is 43.5 Å². The molecule has 8 nitrogen and oxygen atoms in total. The molecule has 2 aromatic rings. The average molecular weight is 444 g/mol. The Morgan fingerprint density at radius 2 is 2.16 bits per heavy atom. The molecule has 8 heteroatoms. The Balaban J connectivity index is 1.48. The van der Waals surface area contributed by atoms with Crippen molar-refractivity contribution in [1.82, 2.24) is 14.7 Å². The molecule has 1 atom stereocenters. The van der Waals surface area contributed by atoms with Crippen LogP contribution in [-0.4, -0.2) is 66.8 Å². The van der Waals surface area contributed by atoms with Gasteiger partial charge in [-0.25, -0.2) is 0 Å². The minimum absolute atomic E-state index is 0.0183. The average Bonchev–Trinajstić information content (AvgIpc) is 3.42. The number of nitrogens with zero attached hydrogens (tertiary/aromatic N) is 3. The van der Waals surface area contributed by atoms with Crippen LogP contribution in [0.3, 0.4) is 0 Å². The molecule has 0 saturated carbocycles. The molecule has 0 N–H and O–H groups in total. The van der Waals surface area contributed by atoms with E-state index in [1.165, 1.54) is 0 Å². The molecule has 174 valence electrons. The van der Waals surface area contributed by atoms with E-state index in [0.29, 0.717) is 44.4 Å². The third-order valence-corrected chi connectivity index (χ3v) is 6.09. The lowest BCUT2D eigenvalue weighted by Crippen LogP contribution is -2.44. The number of aryl methyl sites for hydroxylation is 1. The summed E-state index contributed by atoms with van der Waals surface area (Å²) in [6, 6.07) is 7.75. The van der Waals surface area contributed by atoms with Crippen molar-refractivity contribution in [2.24, 2.45) is 5.41 Å². The van der Waals surface area contributed by atoms with E-state index in [2.05, 4.69) is 12.0 Å². The number of carbonyl (C=O) groups excluding carboxylic acids is 1. The number of aromatic nitrogens is 2. The fourth-order valence-corrected chi connectivity index (χ4v) is 4.02. The standard InChI is InChI=1S/C24H33N3O5/c1-18-8-9-25-27(18)14-23(28)26(13-20-5-4-10-31-20)12-19-6-7-21(29-3)22(11-19)32-17-24(2)15-30-16-24/h6-9,11,20H,4-5,10,12-17H2,1-3H3. The molecule has 2 saturated heterocycles. The lowest BCUT2D eigenvalue weighted by atomic mass is 9.90. The number of amides is 1. The van der Waals surface area contributed by atoms with Gasteiger partial charge in [-0.1, -0.05) is 13.0 Å². The fraction of sp³-hybridized carbons (Fsp3) is 0.583. The van der Waals surface area contributed by atoms with Gasteiger partial charge in [-0.3, -0.25) is 9.48 Å². The normalized spacial score (nSPS) is 19.4. The SMILES string of the molecule is COc1ccc(CN(CC2CCCO2)C(=O)Cn2nccc2C)cc1OCC1(C)COC1. The molecule has 1 aromatic heterocycles. The van der Waals surface area contributed by atoms with Gasteiger partial charge in [0.1, 0.15) is 6.54 Å². The van der Waals surface area contributed by atoms with E-state index in [9.17, 15) is 4.79 Å². The molecule has 1 aromatic carbocycles. The first-order valence-corrected chi connectivity index (χ1v) is 11.2. The highest BCUT2D eigenvalue weighted by molar-refractivity contribution is 5.76. The Hall–Kier alpha value is -2.58. The van der Waals surface area contributed by atoms with Crippen LogP contribution in [0.1, 0.15) is 31.0 Å². The first kappa shape index (κ1) is 22.6. The van der Waals surface area contributed by atoms with Crippen LogP contribution < -0.4 is 9.47 Å². The van der Waals surface area contributed by atoms with Crippen molar-refractivity contribution in [2.45, 2.75) is 45.9 Å². The molecule has 2 aliphatic heterocycles. The van der Waals surface area contributed by atoms with Crippen LogP contribution >= 0.6 is 0 Å². The molecule has 32 heavy (non-hydrogen) atoms. The molecule has 2 aliphatic rings. The largest absolute Gasteiger partial charge is 0.493 e. The number of hydrogen-bond donors (Lipinski definition) is 0. The zero-order valence-electron chi connectivity index (χ0n) is 19.2. The maximum atomic E-state index is 13.2. The van der Waals surface area contributed by atoms with Crippen LogP contribution in [0.15, 0.2) is 30.5 Å².